The molecule has 21 heavy (non-hydrogen) atoms. The molecule has 0 aliphatic heterocycles. The molecule has 0 atom stereocenters. The number of aryl methyl sites for hydroxylation is 1. The van der Waals surface area contributed by atoms with E-state index in [1.54, 1.807) is 14.2 Å². The van der Waals surface area contributed by atoms with Crippen LogP contribution in [0.1, 0.15) is 18.2 Å². The van der Waals surface area contributed by atoms with Gasteiger partial charge in [0.1, 0.15) is 11.6 Å². The molecular weight excluding hydrogens is 266 g/mol. The number of aromatic nitrogens is 2. The highest BCUT2D eigenvalue weighted by Gasteiger charge is 2.08. The summed E-state index contributed by atoms with van der Waals surface area (Å²) >= 11 is 0. The number of methoxy groups -OCH3 is 2. The van der Waals surface area contributed by atoms with E-state index < -0.39 is 0 Å². The lowest BCUT2D eigenvalue weighted by atomic mass is 10.1. The van der Waals surface area contributed by atoms with Crippen molar-refractivity contribution in [2.24, 2.45) is 0 Å². The topological polar surface area (TPSA) is 56.3 Å². The normalized spacial score (nSPS) is 10.5. The summed E-state index contributed by atoms with van der Waals surface area (Å²) in [6.07, 6.45) is 0. The van der Waals surface area contributed by atoms with E-state index in [1.165, 1.54) is 0 Å². The second kappa shape index (κ2) is 7.04. The van der Waals surface area contributed by atoms with Gasteiger partial charge in [0.15, 0.2) is 5.82 Å². The zero-order valence-electron chi connectivity index (χ0n) is 12.9. The molecule has 0 aliphatic carbocycles. The van der Waals surface area contributed by atoms with Crippen LogP contribution in [0.5, 0.6) is 5.75 Å². The third-order valence-electron chi connectivity index (χ3n) is 3.08. The summed E-state index contributed by atoms with van der Waals surface area (Å²) in [6.45, 7) is 5.31. The maximum atomic E-state index is 5.29. The third kappa shape index (κ3) is 3.70. The molecule has 0 fully saturated rings. The largest absolute Gasteiger partial charge is 0.496 e. The highest BCUT2D eigenvalue weighted by molar-refractivity contribution is 5.60. The summed E-state index contributed by atoms with van der Waals surface area (Å²) in [4.78, 5) is 9.11. The molecule has 0 saturated heterocycles. The number of rotatable bonds is 6. The van der Waals surface area contributed by atoms with Crippen molar-refractivity contribution in [2.45, 2.75) is 20.5 Å². The first-order valence-electron chi connectivity index (χ1n) is 6.93. The Morgan fingerprint density at radius 2 is 1.95 bits per heavy atom. The van der Waals surface area contributed by atoms with Gasteiger partial charge in [-0.15, -0.1) is 0 Å². The smallest absolute Gasteiger partial charge is 0.161 e. The third-order valence-corrected chi connectivity index (χ3v) is 3.08. The van der Waals surface area contributed by atoms with Gasteiger partial charge in [-0.05, 0) is 37.6 Å². The average Bonchev–Trinajstić information content (AvgIpc) is 2.47. The Morgan fingerprint density at radius 3 is 2.57 bits per heavy atom. The van der Waals surface area contributed by atoms with Crippen LogP contribution >= 0.6 is 0 Å². The van der Waals surface area contributed by atoms with Crippen molar-refractivity contribution < 1.29 is 9.47 Å². The van der Waals surface area contributed by atoms with E-state index >= 15 is 0 Å². The monoisotopic (exact) mass is 287 g/mol. The van der Waals surface area contributed by atoms with Crippen LogP contribution in [-0.4, -0.2) is 30.7 Å². The Bertz CT molecular complexity index is 590. The number of hydrogen-bond donors (Lipinski definition) is 1. The van der Waals surface area contributed by atoms with Crippen LogP contribution in [0.2, 0.25) is 0 Å². The lowest BCUT2D eigenvalue weighted by Gasteiger charge is -2.10. The Balaban J connectivity index is 2.43. The van der Waals surface area contributed by atoms with Crippen molar-refractivity contribution in [1.29, 1.82) is 0 Å². The first kappa shape index (κ1) is 15.3. The minimum atomic E-state index is 0.461. The van der Waals surface area contributed by atoms with Gasteiger partial charge in [0, 0.05) is 25.3 Å². The zero-order valence-corrected chi connectivity index (χ0v) is 12.9. The number of hydrogen-bond acceptors (Lipinski definition) is 5. The number of benzene rings is 1. The van der Waals surface area contributed by atoms with Crippen molar-refractivity contribution in [3.63, 3.8) is 0 Å². The molecule has 0 radical (unpaired) electrons. The van der Waals surface area contributed by atoms with Gasteiger partial charge < -0.3 is 14.8 Å². The first-order valence-corrected chi connectivity index (χ1v) is 6.93. The van der Waals surface area contributed by atoms with Crippen LogP contribution in [0, 0.1) is 6.92 Å². The molecule has 1 aromatic carbocycles. The summed E-state index contributed by atoms with van der Waals surface area (Å²) in [5.74, 6) is 2.35. The fourth-order valence-electron chi connectivity index (χ4n) is 2.14. The van der Waals surface area contributed by atoms with E-state index in [0.717, 1.165) is 34.9 Å². The van der Waals surface area contributed by atoms with E-state index in [2.05, 4.69) is 15.3 Å². The summed E-state index contributed by atoms with van der Waals surface area (Å²) in [7, 11) is 3.33. The molecule has 0 aliphatic rings. The Labute approximate surface area is 125 Å². The van der Waals surface area contributed by atoms with E-state index in [0.29, 0.717) is 12.4 Å². The number of nitrogens with one attached hydrogen (secondary N) is 1. The van der Waals surface area contributed by atoms with Crippen molar-refractivity contribution in [3.05, 3.63) is 35.5 Å². The molecular formula is C16H21N3O2. The van der Waals surface area contributed by atoms with Crippen molar-refractivity contribution in [1.82, 2.24) is 9.97 Å². The van der Waals surface area contributed by atoms with Crippen LogP contribution in [0.4, 0.5) is 5.82 Å². The fraction of sp³-hybridized carbons (Fsp3) is 0.375. The van der Waals surface area contributed by atoms with E-state index in [1.807, 2.05) is 38.1 Å². The fourth-order valence-corrected chi connectivity index (χ4v) is 2.14. The Morgan fingerprint density at radius 1 is 1.14 bits per heavy atom. The second-order valence-corrected chi connectivity index (χ2v) is 4.72. The number of nitrogens with zero attached hydrogens (tertiary/aromatic N) is 2. The maximum absolute atomic E-state index is 5.29. The van der Waals surface area contributed by atoms with Gasteiger partial charge in [-0.2, -0.15) is 0 Å². The molecule has 0 saturated carbocycles. The van der Waals surface area contributed by atoms with Gasteiger partial charge in [-0.25, -0.2) is 9.97 Å². The maximum Gasteiger partial charge on any atom is 0.161 e. The van der Waals surface area contributed by atoms with E-state index in [4.69, 9.17) is 9.47 Å². The number of anilines is 1. The van der Waals surface area contributed by atoms with Gasteiger partial charge in [-0.3, -0.25) is 0 Å². The second-order valence-electron chi connectivity index (χ2n) is 4.72. The summed E-state index contributed by atoms with van der Waals surface area (Å²) in [6, 6.07) is 7.84. The highest BCUT2D eigenvalue weighted by atomic mass is 16.5. The molecule has 1 heterocycles. The lowest BCUT2D eigenvalue weighted by molar-refractivity contribution is 0.181. The average molecular weight is 287 g/mol. The van der Waals surface area contributed by atoms with Gasteiger partial charge in [0.2, 0.25) is 0 Å². The zero-order chi connectivity index (χ0) is 15.2. The van der Waals surface area contributed by atoms with Gasteiger partial charge in [-0.1, -0.05) is 0 Å². The quantitative estimate of drug-likeness (QED) is 0.885. The molecule has 1 N–H and O–H groups in total. The molecule has 0 unspecified atom stereocenters. The first-order chi connectivity index (χ1) is 10.2. The Hall–Kier alpha value is -2.14. The lowest BCUT2D eigenvalue weighted by Crippen LogP contribution is -2.05. The predicted octanol–water partition coefficient (Wildman–Crippen LogP) is 3.04. The summed E-state index contributed by atoms with van der Waals surface area (Å²) < 4.78 is 10.5. The molecule has 0 bridgehead atoms. The molecule has 2 aromatic rings. The van der Waals surface area contributed by atoms with Gasteiger partial charge in [0.25, 0.3) is 0 Å². The molecule has 112 valence electrons. The standard InChI is InChI=1S/C16H21N3O2/c1-5-17-15-9-13(10-20-3)18-16(19-15)12-6-7-14(21-4)11(2)8-12/h6-9H,5,10H2,1-4H3,(H,17,18,19). The van der Waals surface area contributed by atoms with Crippen LogP contribution < -0.4 is 10.1 Å². The molecule has 0 spiro atoms. The molecule has 5 nitrogen and oxygen atoms in total. The number of ether oxygens (including phenoxy) is 2. The van der Waals surface area contributed by atoms with Crippen molar-refractivity contribution in [3.8, 4) is 17.1 Å². The van der Waals surface area contributed by atoms with Crippen molar-refractivity contribution >= 4 is 5.82 Å². The summed E-state index contributed by atoms with van der Waals surface area (Å²) in [5, 5.41) is 3.22. The molecule has 2 rings (SSSR count). The van der Waals surface area contributed by atoms with Crippen LogP contribution in [0.15, 0.2) is 24.3 Å². The van der Waals surface area contributed by atoms with E-state index in [-0.39, 0.29) is 0 Å². The van der Waals surface area contributed by atoms with Crippen LogP contribution in [0.3, 0.4) is 0 Å². The van der Waals surface area contributed by atoms with Gasteiger partial charge >= 0.3 is 0 Å². The van der Waals surface area contributed by atoms with Gasteiger partial charge in [0.05, 0.1) is 19.4 Å². The van der Waals surface area contributed by atoms with Crippen molar-refractivity contribution in [2.75, 3.05) is 26.1 Å². The van der Waals surface area contributed by atoms with E-state index in [9.17, 15) is 0 Å². The predicted molar refractivity (Wildman–Crippen MR) is 83.6 cm³/mol. The molecule has 0 amide bonds. The highest BCUT2D eigenvalue weighted by Crippen LogP contribution is 2.25. The van der Waals surface area contributed by atoms with Crippen LogP contribution in [0.25, 0.3) is 11.4 Å². The SMILES string of the molecule is CCNc1cc(COC)nc(-c2ccc(OC)c(C)c2)n1. The summed E-state index contributed by atoms with van der Waals surface area (Å²) in [5.41, 5.74) is 2.87. The Kier molecular flexibility index (Phi) is 5.11. The minimum Gasteiger partial charge on any atom is -0.496 e. The van der Waals surface area contributed by atoms with Crippen LogP contribution in [-0.2, 0) is 11.3 Å². The minimum absolute atomic E-state index is 0.461. The molecule has 1 aromatic heterocycles. The molecule has 5 heteroatoms.